The van der Waals surface area contributed by atoms with Gasteiger partial charge < -0.3 is 5.32 Å². The minimum absolute atomic E-state index is 0.0396. The Morgan fingerprint density at radius 1 is 1.22 bits per heavy atom. The number of anilines is 1. The van der Waals surface area contributed by atoms with Crippen molar-refractivity contribution in [1.29, 1.82) is 0 Å². The molecule has 1 aliphatic heterocycles. The minimum Gasteiger partial charge on any atom is -0.325 e. The van der Waals surface area contributed by atoms with Gasteiger partial charge in [-0.05, 0) is 62.7 Å². The number of hydrogen-bond donors (Lipinski definition) is 1. The summed E-state index contributed by atoms with van der Waals surface area (Å²) in [4.78, 5) is 19.7. The van der Waals surface area contributed by atoms with E-state index in [1.54, 1.807) is 10.9 Å². The summed E-state index contributed by atoms with van der Waals surface area (Å²) in [6.45, 7) is 3.61. The fourth-order valence-corrected chi connectivity index (χ4v) is 3.58. The fraction of sp³-hybridized carbons (Fsp3) is 0.286. The molecule has 6 heteroatoms. The van der Waals surface area contributed by atoms with Crippen LogP contribution >= 0.6 is 0 Å². The summed E-state index contributed by atoms with van der Waals surface area (Å²) < 4.78 is 1.78. The predicted octanol–water partition coefficient (Wildman–Crippen LogP) is 3.18. The summed E-state index contributed by atoms with van der Waals surface area (Å²) in [5.41, 5.74) is 3.72. The smallest absolute Gasteiger partial charge is 0.241 e. The summed E-state index contributed by atoms with van der Waals surface area (Å²) in [5, 5.41) is 7.31. The van der Waals surface area contributed by atoms with Crippen molar-refractivity contribution in [3.05, 3.63) is 72.3 Å². The standard InChI is InChI=1S/C21H23N5O/c1-16-6-2-8-18(23-16)15-25-12-4-10-20(25)21(27)24-17-7-3-9-19(14-17)26-13-5-11-22-26/h2-3,5-9,11,13-14,20H,4,10,12,15H2,1H3,(H,24,27)/t20-/m0/s1. The van der Waals surface area contributed by atoms with E-state index in [0.717, 1.165) is 42.1 Å². The zero-order valence-corrected chi connectivity index (χ0v) is 15.4. The van der Waals surface area contributed by atoms with Gasteiger partial charge in [0.05, 0.1) is 17.4 Å². The highest BCUT2D eigenvalue weighted by Gasteiger charge is 2.30. The van der Waals surface area contributed by atoms with Crippen LogP contribution in [-0.4, -0.2) is 38.2 Å². The SMILES string of the molecule is Cc1cccc(CN2CCC[C@H]2C(=O)Nc2cccc(-n3cccn3)c2)n1. The molecule has 1 N–H and O–H groups in total. The average Bonchev–Trinajstić information content (AvgIpc) is 3.34. The molecule has 27 heavy (non-hydrogen) atoms. The summed E-state index contributed by atoms with van der Waals surface area (Å²) >= 11 is 0. The fourth-order valence-electron chi connectivity index (χ4n) is 3.58. The highest BCUT2D eigenvalue weighted by Crippen LogP contribution is 2.22. The van der Waals surface area contributed by atoms with E-state index in [2.05, 4.69) is 20.3 Å². The van der Waals surface area contributed by atoms with Gasteiger partial charge >= 0.3 is 0 Å². The van der Waals surface area contributed by atoms with Gasteiger partial charge in [0.25, 0.3) is 0 Å². The number of rotatable bonds is 5. The molecule has 0 unspecified atom stereocenters. The predicted molar refractivity (Wildman–Crippen MR) is 105 cm³/mol. The van der Waals surface area contributed by atoms with Crippen LogP contribution in [0.5, 0.6) is 0 Å². The van der Waals surface area contributed by atoms with Crippen LogP contribution in [-0.2, 0) is 11.3 Å². The van der Waals surface area contributed by atoms with E-state index in [9.17, 15) is 4.79 Å². The van der Waals surface area contributed by atoms with Gasteiger partial charge in [0.2, 0.25) is 5.91 Å². The van der Waals surface area contributed by atoms with Crippen molar-refractivity contribution in [3.63, 3.8) is 0 Å². The number of nitrogens with one attached hydrogen (secondary N) is 1. The molecule has 0 radical (unpaired) electrons. The van der Waals surface area contributed by atoms with Crippen LogP contribution < -0.4 is 5.32 Å². The molecular weight excluding hydrogens is 338 g/mol. The second kappa shape index (κ2) is 7.72. The largest absolute Gasteiger partial charge is 0.325 e. The molecule has 138 valence electrons. The monoisotopic (exact) mass is 361 g/mol. The Balaban J connectivity index is 1.45. The van der Waals surface area contributed by atoms with Gasteiger partial charge in [-0.25, -0.2) is 4.68 Å². The molecule has 1 amide bonds. The van der Waals surface area contributed by atoms with Gasteiger partial charge in [-0.15, -0.1) is 0 Å². The van der Waals surface area contributed by atoms with Crippen molar-refractivity contribution >= 4 is 11.6 Å². The molecule has 1 saturated heterocycles. The lowest BCUT2D eigenvalue weighted by molar-refractivity contribution is -0.120. The third-order valence-corrected chi connectivity index (χ3v) is 4.86. The number of pyridine rings is 1. The molecule has 4 rings (SSSR count). The van der Waals surface area contributed by atoms with E-state index in [-0.39, 0.29) is 11.9 Å². The molecule has 0 aliphatic carbocycles. The molecule has 1 aliphatic rings. The third kappa shape index (κ3) is 4.06. The van der Waals surface area contributed by atoms with Crippen molar-refractivity contribution in [1.82, 2.24) is 19.7 Å². The number of aryl methyl sites for hydroxylation is 1. The molecule has 0 bridgehead atoms. The van der Waals surface area contributed by atoms with E-state index in [0.29, 0.717) is 6.54 Å². The van der Waals surface area contributed by atoms with Crippen LogP contribution in [0, 0.1) is 6.92 Å². The van der Waals surface area contributed by atoms with Crippen LogP contribution in [0.4, 0.5) is 5.69 Å². The zero-order valence-electron chi connectivity index (χ0n) is 15.4. The molecule has 0 spiro atoms. The highest BCUT2D eigenvalue weighted by molar-refractivity contribution is 5.95. The van der Waals surface area contributed by atoms with E-state index in [4.69, 9.17) is 0 Å². The zero-order chi connectivity index (χ0) is 18.6. The summed E-state index contributed by atoms with van der Waals surface area (Å²) in [6.07, 6.45) is 5.52. The van der Waals surface area contributed by atoms with Crippen LogP contribution in [0.25, 0.3) is 5.69 Å². The highest BCUT2D eigenvalue weighted by atomic mass is 16.2. The number of aromatic nitrogens is 3. The van der Waals surface area contributed by atoms with Crippen LogP contribution in [0.1, 0.15) is 24.2 Å². The number of benzene rings is 1. The van der Waals surface area contributed by atoms with Crippen LogP contribution in [0.15, 0.2) is 60.9 Å². The average molecular weight is 361 g/mol. The molecule has 1 fully saturated rings. The van der Waals surface area contributed by atoms with E-state index >= 15 is 0 Å². The minimum atomic E-state index is -0.124. The molecule has 3 heterocycles. The van der Waals surface area contributed by atoms with Gasteiger partial charge in [0, 0.05) is 30.3 Å². The van der Waals surface area contributed by atoms with Crippen molar-refractivity contribution < 1.29 is 4.79 Å². The number of amides is 1. The van der Waals surface area contributed by atoms with E-state index in [1.807, 2.05) is 61.7 Å². The molecule has 0 saturated carbocycles. The van der Waals surface area contributed by atoms with Gasteiger partial charge in [-0.1, -0.05) is 12.1 Å². The Morgan fingerprint density at radius 2 is 2.11 bits per heavy atom. The molecule has 2 aromatic heterocycles. The maximum atomic E-state index is 12.9. The summed E-state index contributed by atoms with van der Waals surface area (Å²) in [5.74, 6) is 0.0396. The maximum absolute atomic E-state index is 12.9. The number of carbonyl (C=O) groups is 1. The molecular formula is C21H23N5O. The van der Waals surface area contributed by atoms with E-state index < -0.39 is 0 Å². The van der Waals surface area contributed by atoms with E-state index in [1.165, 1.54) is 0 Å². The third-order valence-electron chi connectivity index (χ3n) is 4.86. The Bertz CT molecular complexity index is 922. The molecule has 1 aromatic carbocycles. The quantitative estimate of drug-likeness (QED) is 0.758. The van der Waals surface area contributed by atoms with Gasteiger partial charge in [-0.3, -0.25) is 14.7 Å². The Hall–Kier alpha value is -2.99. The Morgan fingerprint density at radius 3 is 2.93 bits per heavy atom. The first-order valence-electron chi connectivity index (χ1n) is 9.26. The topological polar surface area (TPSA) is 63.1 Å². The second-order valence-electron chi connectivity index (χ2n) is 6.89. The lowest BCUT2D eigenvalue weighted by atomic mass is 10.2. The van der Waals surface area contributed by atoms with Crippen molar-refractivity contribution in [2.45, 2.75) is 32.4 Å². The van der Waals surface area contributed by atoms with Crippen LogP contribution in [0.3, 0.4) is 0 Å². The first-order valence-corrected chi connectivity index (χ1v) is 9.26. The van der Waals surface area contributed by atoms with Gasteiger partial charge in [0.1, 0.15) is 0 Å². The molecule has 3 aromatic rings. The first kappa shape index (κ1) is 17.4. The lowest BCUT2D eigenvalue weighted by Crippen LogP contribution is -2.39. The van der Waals surface area contributed by atoms with Gasteiger partial charge in [-0.2, -0.15) is 5.10 Å². The molecule has 6 nitrogen and oxygen atoms in total. The molecule has 1 atom stereocenters. The summed E-state index contributed by atoms with van der Waals surface area (Å²) in [6, 6.07) is 15.5. The van der Waals surface area contributed by atoms with Crippen molar-refractivity contribution in [2.75, 3.05) is 11.9 Å². The Labute approximate surface area is 158 Å². The maximum Gasteiger partial charge on any atom is 0.241 e. The van der Waals surface area contributed by atoms with Crippen molar-refractivity contribution in [3.8, 4) is 5.69 Å². The van der Waals surface area contributed by atoms with Gasteiger partial charge in [0.15, 0.2) is 0 Å². The number of likely N-dealkylation sites (tertiary alicyclic amines) is 1. The number of nitrogens with zero attached hydrogens (tertiary/aromatic N) is 4. The first-order chi connectivity index (χ1) is 13.2. The number of carbonyl (C=O) groups excluding carboxylic acids is 1. The number of hydrogen-bond acceptors (Lipinski definition) is 4. The lowest BCUT2D eigenvalue weighted by Gasteiger charge is -2.23. The second-order valence-corrected chi connectivity index (χ2v) is 6.89. The van der Waals surface area contributed by atoms with Crippen molar-refractivity contribution in [2.24, 2.45) is 0 Å². The summed E-state index contributed by atoms with van der Waals surface area (Å²) in [7, 11) is 0. The van der Waals surface area contributed by atoms with Crippen LogP contribution in [0.2, 0.25) is 0 Å². The normalized spacial score (nSPS) is 17.1. The Kier molecular flexibility index (Phi) is 4.98.